The zero-order chi connectivity index (χ0) is 21.3. The zero-order valence-electron chi connectivity index (χ0n) is 17.6. The van der Waals surface area contributed by atoms with Gasteiger partial charge in [0.25, 0.3) is 0 Å². The topological polar surface area (TPSA) is 50.1 Å². The Morgan fingerprint density at radius 2 is 1.77 bits per heavy atom. The molecule has 0 N–H and O–H groups in total. The average molecular weight is 398 g/mol. The average Bonchev–Trinajstić information content (AvgIpc) is 3.14. The Labute approximate surface area is 178 Å². The maximum Gasteiger partial charge on any atom is 0.194 e. The van der Waals surface area contributed by atoms with Crippen LogP contribution in [0.5, 0.6) is 0 Å². The molecule has 0 spiro atoms. The van der Waals surface area contributed by atoms with Crippen LogP contribution in [0, 0.1) is 11.3 Å². The van der Waals surface area contributed by atoms with Crippen LogP contribution in [0.2, 0.25) is 0 Å². The summed E-state index contributed by atoms with van der Waals surface area (Å²) in [5.41, 5.74) is 3.86. The number of fused-ring (bicyclic) bond motifs is 2. The second-order valence-corrected chi connectivity index (χ2v) is 8.61. The van der Waals surface area contributed by atoms with Crippen molar-refractivity contribution in [2.75, 3.05) is 0 Å². The number of benzene rings is 2. The maximum atomic E-state index is 13.3. The van der Waals surface area contributed by atoms with Crippen LogP contribution in [0.3, 0.4) is 0 Å². The van der Waals surface area contributed by atoms with Gasteiger partial charge in [0.05, 0.1) is 18.1 Å². The summed E-state index contributed by atoms with van der Waals surface area (Å²) in [6, 6.07) is 22.5. The van der Waals surface area contributed by atoms with E-state index in [4.69, 9.17) is 4.74 Å². The summed E-state index contributed by atoms with van der Waals surface area (Å²) in [6.07, 6.45) is 2.17. The molecule has 4 unspecified atom stereocenters. The number of allylic oxidation sites excluding steroid dienone is 1. The standard InChI is InChI=1S/C27H27NO2/c1-18(25-19(2)24-14-15-27(3,30-24)26(25)29)16-22(20-10-6-4-7-11-20)23(17-28)21-12-8-5-9-13-21/h4-13,22-24H,1,14-16H2,2-3H3. The molecule has 0 aliphatic carbocycles. The van der Waals surface area contributed by atoms with Crippen molar-refractivity contribution in [1.82, 2.24) is 0 Å². The minimum atomic E-state index is -0.737. The Balaban J connectivity index is 1.71. The summed E-state index contributed by atoms with van der Waals surface area (Å²) >= 11 is 0. The number of ether oxygens (including phenoxy) is 1. The molecule has 2 bridgehead atoms. The van der Waals surface area contributed by atoms with Gasteiger partial charge in [0, 0.05) is 11.5 Å². The van der Waals surface area contributed by atoms with E-state index in [0.717, 1.165) is 40.7 Å². The van der Waals surface area contributed by atoms with Crippen LogP contribution in [0.15, 0.2) is 84.0 Å². The molecule has 4 atom stereocenters. The predicted molar refractivity (Wildman–Crippen MR) is 118 cm³/mol. The van der Waals surface area contributed by atoms with E-state index < -0.39 is 5.60 Å². The van der Waals surface area contributed by atoms with Gasteiger partial charge >= 0.3 is 0 Å². The fourth-order valence-electron chi connectivity index (χ4n) is 4.91. The van der Waals surface area contributed by atoms with Crippen molar-refractivity contribution in [1.29, 1.82) is 5.26 Å². The summed E-state index contributed by atoms with van der Waals surface area (Å²) in [5, 5.41) is 10.1. The molecule has 4 rings (SSSR count). The normalized spacial score (nSPS) is 25.0. The molecule has 2 aliphatic heterocycles. The van der Waals surface area contributed by atoms with Crippen LogP contribution in [-0.4, -0.2) is 17.5 Å². The number of nitriles is 1. The SMILES string of the molecule is C=C(CC(c1ccccc1)C(C#N)c1ccccc1)C1=C(C)C2CCC(C)(O2)C1=O. The predicted octanol–water partition coefficient (Wildman–Crippen LogP) is 5.86. The third kappa shape index (κ3) is 3.53. The molecule has 0 aromatic heterocycles. The molecular formula is C27H27NO2. The highest BCUT2D eigenvalue weighted by Crippen LogP contribution is 2.46. The van der Waals surface area contributed by atoms with Gasteiger partial charge in [-0.25, -0.2) is 0 Å². The Hall–Kier alpha value is -2.96. The van der Waals surface area contributed by atoms with E-state index in [1.807, 2.05) is 62.4 Å². The van der Waals surface area contributed by atoms with Crippen molar-refractivity contribution in [3.8, 4) is 6.07 Å². The number of hydrogen-bond donors (Lipinski definition) is 0. The van der Waals surface area contributed by atoms with Gasteiger partial charge in [0.2, 0.25) is 0 Å². The van der Waals surface area contributed by atoms with E-state index in [2.05, 4.69) is 24.8 Å². The lowest BCUT2D eigenvalue weighted by Crippen LogP contribution is -2.41. The van der Waals surface area contributed by atoms with Gasteiger partial charge in [-0.1, -0.05) is 67.2 Å². The van der Waals surface area contributed by atoms with E-state index in [1.165, 1.54) is 0 Å². The molecule has 0 radical (unpaired) electrons. The third-order valence-electron chi connectivity index (χ3n) is 6.62. The summed E-state index contributed by atoms with van der Waals surface area (Å²) in [7, 11) is 0. The van der Waals surface area contributed by atoms with Crippen molar-refractivity contribution in [2.24, 2.45) is 0 Å². The van der Waals surface area contributed by atoms with E-state index in [9.17, 15) is 10.1 Å². The van der Waals surface area contributed by atoms with Crippen molar-refractivity contribution in [3.05, 3.63) is 95.1 Å². The fraction of sp³-hybridized carbons (Fsp3) is 0.333. The number of nitrogens with zero attached hydrogens (tertiary/aromatic N) is 1. The molecule has 0 saturated carbocycles. The fourth-order valence-corrected chi connectivity index (χ4v) is 4.91. The minimum Gasteiger partial charge on any atom is -0.360 e. The summed E-state index contributed by atoms with van der Waals surface area (Å²) < 4.78 is 6.02. The number of Topliss-reactive ketones (excluding diaryl/α,β-unsaturated/α-hetero) is 1. The van der Waals surface area contributed by atoms with E-state index in [0.29, 0.717) is 6.42 Å². The Morgan fingerprint density at radius 1 is 1.17 bits per heavy atom. The van der Waals surface area contributed by atoms with Gasteiger partial charge in [0.15, 0.2) is 5.78 Å². The first-order chi connectivity index (χ1) is 14.4. The third-order valence-corrected chi connectivity index (χ3v) is 6.62. The van der Waals surface area contributed by atoms with E-state index in [1.54, 1.807) is 0 Å². The first kappa shape index (κ1) is 20.3. The highest BCUT2D eigenvalue weighted by Gasteiger charge is 2.49. The van der Waals surface area contributed by atoms with Crippen LogP contribution in [0.25, 0.3) is 0 Å². The Bertz CT molecular complexity index is 1030. The van der Waals surface area contributed by atoms with Gasteiger partial charge < -0.3 is 4.74 Å². The molecule has 2 aliphatic rings. The van der Waals surface area contributed by atoms with Crippen molar-refractivity contribution in [3.63, 3.8) is 0 Å². The van der Waals surface area contributed by atoms with Gasteiger partial charge in [-0.3, -0.25) is 4.79 Å². The van der Waals surface area contributed by atoms with E-state index in [-0.39, 0.29) is 23.7 Å². The van der Waals surface area contributed by atoms with Crippen LogP contribution >= 0.6 is 0 Å². The lowest BCUT2D eigenvalue weighted by Gasteiger charge is -2.33. The van der Waals surface area contributed by atoms with Gasteiger partial charge in [0.1, 0.15) is 5.60 Å². The summed E-state index contributed by atoms with van der Waals surface area (Å²) in [4.78, 5) is 13.3. The minimum absolute atomic E-state index is 0.00416. The monoisotopic (exact) mass is 397 g/mol. The molecule has 2 heterocycles. The van der Waals surface area contributed by atoms with Gasteiger partial charge in [-0.05, 0) is 55.4 Å². The number of hydrogen-bond acceptors (Lipinski definition) is 3. The van der Waals surface area contributed by atoms with E-state index >= 15 is 0 Å². The second kappa shape index (κ2) is 8.05. The van der Waals surface area contributed by atoms with Crippen LogP contribution in [-0.2, 0) is 9.53 Å². The lowest BCUT2D eigenvalue weighted by atomic mass is 9.76. The Morgan fingerprint density at radius 3 is 2.37 bits per heavy atom. The Kier molecular flexibility index (Phi) is 5.45. The molecule has 1 fully saturated rings. The van der Waals surface area contributed by atoms with Gasteiger partial charge in [-0.2, -0.15) is 5.26 Å². The largest absolute Gasteiger partial charge is 0.360 e. The second-order valence-electron chi connectivity index (χ2n) is 8.61. The number of rotatable bonds is 6. The number of carbonyl (C=O) groups excluding carboxylic acids is 1. The van der Waals surface area contributed by atoms with Crippen LogP contribution in [0.4, 0.5) is 0 Å². The molecule has 3 nitrogen and oxygen atoms in total. The molecular weight excluding hydrogens is 370 g/mol. The molecule has 152 valence electrons. The summed E-state index contributed by atoms with van der Waals surface area (Å²) in [6.45, 7) is 8.22. The van der Waals surface area contributed by atoms with Crippen molar-refractivity contribution in [2.45, 2.75) is 56.7 Å². The van der Waals surface area contributed by atoms with Crippen molar-refractivity contribution >= 4 is 5.78 Å². The molecule has 2 aromatic rings. The highest BCUT2D eigenvalue weighted by atomic mass is 16.5. The molecule has 3 heteroatoms. The summed E-state index contributed by atoms with van der Waals surface area (Å²) in [5.74, 6) is -0.375. The smallest absolute Gasteiger partial charge is 0.194 e. The molecule has 0 amide bonds. The van der Waals surface area contributed by atoms with Gasteiger partial charge in [-0.15, -0.1) is 0 Å². The first-order valence-corrected chi connectivity index (χ1v) is 10.6. The highest BCUT2D eigenvalue weighted by molar-refractivity contribution is 6.07. The molecule has 30 heavy (non-hydrogen) atoms. The maximum absolute atomic E-state index is 13.3. The first-order valence-electron chi connectivity index (χ1n) is 10.6. The van der Waals surface area contributed by atoms with Crippen LogP contribution < -0.4 is 0 Å². The van der Waals surface area contributed by atoms with Crippen LogP contribution in [0.1, 0.15) is 56.1 Å². The van der Waals surface area contributed by atoms with Crippen molar-refractivity contribution < 1.29 is 9.53 Å². The molecule has 1 saturated heterocycles. The number of carbonyl (C=O) groups is 1. The quantitative estimate of drug-likeness (QED) is 0.613. The number of ketones is 1. The molecule has 2 aromatic carbocycles. The lowest BCUT2D eigenvalue weighted by molar-refractivity contribution is -0.137. The zero-order valence-corrected chi connectivity index (χ0v) is 17.6.